The fraction of sp³-hybridized carbons (Fsp3) is 0.625. The second-order valence-corrected chi connectivity index (χ2v) is 7.05. The van der Waals surface area contributed by atoms with Gasteiger partial charge in [0, 0.05) is 16.7 Å². The van der Waals surface area contributed by atoms with Crippen molar-refractivity contribution in [2.75, 3.05) is 19.6 Å². The zero-order chi connectivity index (χ0) is 13.6. The van der Waals surface area contributed by atoms with Crippen LogP contribution in [0, 0.1) is 5.41 Å². The Balaban J connectivity index is 2.73. The van der Waals surface area contributed by atoms with Crippen molar-refractivity contribution in [1.29, 1.82) is 0 Å². The molecule has 0 saturated carbocycles. The van der Waals surface area contributed by atoms with Gasteiger partial charge in [-0.1, -0.05) is 52.8 Å². The summed E-state index contributed by atoms with van der Waals surface area (Å²) >= 11 is 2.01. The van der Waals surface area contributed by atoms with Gasteiger partial charge < -0.3 is 4.90 Å². The van der Waals surface area contributed by atoms with Gasteiger partial charge in [0.15, 0.2) is 0 Å². The molecule has 0 radical (unpaired) electrons. The maximum Gasteiger partial charge on any atom is 0.0270 e. The Labute approximate surface area is 117 Å². The van der Waals surface area contributed by atoms with Crippen molar-refractivity contribution in [2.45, 2.75) is 44.8 Å². The first-order chi connectivity index (χ1) is 8.47. The minimum Gasteiger partial charge on any atom is -0.303 e. The normalized spacial score (nSPS) is 13.9. The molecule has 0 spiro atoms. The summed E-state index contributed by atoms with van der Waals surface area (Å²) in [5.41, 5.74) is 0.323. The van der Waals surface area contributed by atoms with Crippen LogP contribution in [0.15, 0.2) is 35.2 Å². The van der Waals surface area contributed by atoms with E-state index >= 15 is 0 Å². The van der Waals surface area contributed by atoms with Gasteiger partial charge >= 0.3 is 0 Å². The molecule has 0 aliphatic carbocycles. The number of nitrogens with zero attached hydrogens (tertiary/aromatic N) is 1. The summed E-state index contributed by atoms with van der Waals surface area (Å²) in [6.45, 7) is 15.0. The predicted octanol–water partition coefficient (Wildman–Crippen LogP) is 4.54. The highest BCUT2D eigenvalue weighted by molar-refractivity contribution is 8.00. The number of rotatable bonds is 6. The van der Waals surface area contributed by atoms with E-state index in [1.807, 2.05) is 11.8 Å². The van der Waals surface area contributed by atoms with E-state index in [9.17, 15) is 0 Å². The molecular formula is C16H27NS. The molecule has 0 saturated heterocycles. The number of hydrogen-bond donors (Lipinski definition) is 0. The van der Waals surface area contributed by atoms with Crippen LogP contribution < -0.4 is 0 Å². The summed E-state index contributed by atoms with van der Waals surface area (Å²) in [4.78, 5) is 3.90. The number of hydrogen-bond acceptors (Lipinski definition) is 2. The van der Waals surface area contributed by atoms with Crippen molar-refractivity contribution in [1.82, 2.24) is 4.90 Å². The summed E-state index contributed by atoms with van der Waals surface area (Å²) in [5, 5.41) is 0.625. The first-order valence-electron chi connectivity index (χ1n) is 6.91. The molecule has 0 heterocycles. The van der Waals surface area contributed by atoms with Crippen molar-refractivity contribution in [3.63, 3.8) is 0 Å². The Morgan fingerprint density at radius 3 is 2.06 bits per heavy atom. The smallest absolute Gasteiger partial charge is 0.0270 e. The molecule has 1 atom stereocenters. The quantitative estimate of drug-likeness (QED) is 0.695. The maximum absolute atomic E-state index is 2.52. The number of thioether (sulfide) groups is 1. The van der Waals surface area contributed by atoms with Gasteiger partial charge in [0.05, 0.1) is 0 Å². The van der Waals surface area contributed by atoms with Gasteiger partial charge in [0.2, 0.25) is 0 Å². The van der Waals surface area contributed by atoms with E-state index < -0.39 is 0 Å². The SMILES string of the molecule is CCN(CC)CC(Sc1ccccc1)C(C)(C)C. The summed E-state index contributed by atoms with van der Waals surface area (Å²) in [6, 6.07) is 10.8. The Hall–Kier alpha value is -0.470. The molecule has 0 aliphatic rings. The Bertz CT molecular complexity index is 325. The van der Waals surface area contributed by atoms with Crippen molar-refractivity contribution >= 4 is 11.8 Å². The zero-order valence-corrected chi connectivity index (χ0v) is 13.3. The Morgan fingerprint density at radius 2 is 1.61 bits per heavy atom. The van der Waals surface area contributed by atoms with Gasteiger partial charge in [-0.2, -0.15) is 0 Å². The summed E-state index contributed by atoms with van der Waals surface area (Å²) < 4.78 is 0. The summed E-state index contributed by atoms with van der Waals surface area (Å²) in [5.74, 6) is 0. The van der Waals surface area contributed by atoms with Crippen LogP contribution in [0.4, 0.5) is 0 Å². The lowest BCUT2D eigenvalue weighted by Crippen LogP contribution is -2.37. The lowest BCUT2D eigenvalue weighted by Gasteiger charge is -2.34. The van der Waals surface area contributed by atoms with E-state index in [1.165, 1.54) is 4.90 Å². The monoisotopic (exact) mass is 265 g/mol. The maximum atomic E-state index is 2.52. The molecule has 1 aromatic carbocycles. The van der Waals surface area contributed by atoms with Crippen LogP contribution in [-0.4, -0.2) is 29.8 Å². The lowest BCUT2D eigenvalue weighted by molar-refractivity contribution is 0.254. The fourth-order valence-electron chi connectivity index (χ4n) is 1.87. The fourth-order valence-corrected chi connectivity index (χ4v) is 3.15. The topological polar surface area (TPSA) is 3.24 Å². The molecule has 102 valence electrons. The highest BCUT2D eigenvalue weighted by Crippen LogP contribution is 2.35. The molecule has 18 heavy (non-hydrogen) atoms. The van der Waals surface area contributed by atoms with E-state index in [0.29, 0.717) is 10.7 Å². The van der Waals surface area contributed by atoms with Crippen LogP contribution in [0.5, 0.6) is 0 Å². The average molecular weight is 265 g/mol. The minimum atomic E-state index is 0.323. The molecule has 0 N–H and O–H groups in total. The van der Waals surface area contributed by atoms with E-state index in [-0.39, 0.29) is 0 Å². The van der Waals surface area contributed by atoms with Crippen LogP contribution >= 0.6 is 11.8 Å². The van der Waals surface area contributed by atoms with Crippen LogP contribution in [0.1, 0.15) is 34.6 Å². The molecule has 1 unspecified atom stereocenters. The lowest BCUT2D eigenvalue weighted by atomic mass is 9.91. The largest absolute Gasteiger partial charge is 0.303 e. The third-order valence-corrected chi connectivity index (χ3v) is 4.99. The Morgan fingerprint density at radius 1 is 1.06 bits per heavy atom. The molecule has 1 aromatic rings. The zero-order valence-electron chi connectivity index (χ0n) is 12.4. The van der Waals surface area contributed by atoms with Gasteiger partial charge in [-0.05, 0) is 30.6 Å². The van der Waals surface area contributed by atoms with Crippen LogP contribution in [0.2, 0.25) is 0 Å². The van der Waals surface area contributed by atoms with Crippen molar-refractivity contribution in [2.24, 2.45) is 5.41 Å². The average Bonchev–Trinajstić information content (AvgIpc) is 2.34. The predicted molar refractivity (Wildman–Crippen MR) is 83.3 cm³/mol. The van der Waals surface area contributed by atoms with E-state index in [1.54, 1.807) is 0 Å². The van der Waals surface area contributed by atoms with Gasteiger partial charge in [0.25, 0.3) is 0 Å². The molecule has 0 bridgehead atoms. The molecule has 0 aliphatic heterocycles. The number of benzene rings is 1. The third-order valence-electron chi connectivity index (χ3n) is 3.31. The standard InChI is InChI=1S/C16H27NS/c1-6-17(7-2)13-15(16(3,4)5)18-14-11-9-8-10-12-14/h8-12,15H,6-7,13H2,1-5H3. The van der Waals surface area contributed by atoms with Crippen molar-refractivity contribution < 1.29 is 0 Å². The molecule has 0 aromatic heterocycles. The van der Waals surface area contributed by atoms with Gasteiger partial charge in [0.1, 0.15) is 0 Å². The first kappa shape index (κ1) is 15.6. The van der Waals surface area contributed by atoms with Gasteiger partial charge in [-0.25, -0.2) is 0 Å². The van der Waals surface area contributed by atoms with Crippen LogP contribution in [-0.2, 0) is 0 Å². The van der Waals surface area contributed by atoms with E-state index in [4.69, 9.17) is 0 Å². The second-order valence-electron chi connectivity index (χ2n) is 5.77. The molecule has 1 nitrogen and oxygen atoms in total. The highest BCUT2D eigenvalue weighted by atomic mass is 32.2. The third kappa shape index (κ3) is 5.03. The highest BCUT2D eigenvalue weighted by Gasteiger charge is 2.26. The molecule has 1 rings (SSSR count). The van der Waals surface area contributed by atoms with Crippen LogP contribution in [0.3, 0.4) is 0 Å². The van der Waals surface area contributed by atoms with Gasteiger partial charge in [-0.3, -0.25) is 0 Å². The van der Waals surface area contributed by atoms with Gasteiger partial charge in [-0.15, -0.1) is 11.8 Å². The Kier molecular flexibility index (Phi) is 6.24. The molecule has 0 fully saturated rings. The van der Waals surface area contributed by atoms with Crippen LogP contribution in [0.25, 0.3) is 0 Å². The summed E-state index contributed by atoms with van der Waals surface area (Å²) in [7, 11) is 0. The molecular weight excluding hydrogens is 238 g/mol. The second kappa shape index (κ2) is 7.20. The van der Waals surface area contributed by atoms with Crippen molar-refractivity contribution in [3.05, 3.63) is 30.3 Å². The summed E-state index contributed by atoms with van der Waals surface area (Å²) in [6.07, 6.45) is 0. The molecule has 2 heteroatoms. The van der Waals surface area contributed by atoms with Crippen molar-refractivity contribution in [3.8, 4) is 0 Å². The van der Waals surface area contributed by atoms with E-state index in [2.05, 4.69) is 69.9 Å². The molecule has 0 amide bonds. The minimum absolute atomic E-state index is 0.323. The first-order valence-corrected chi connectivity index (χ1v) is 7.79. The van der Waals surface area contributed by atoms with E-state index in [0.717, 1.165) is 19.6 Å².